The number of para-hydroxylation sites is 3. The van der Waals surface area contributed by atoms with Gasteiger partial charge in [0.2, 0.25) is 0 Å². The Bertz CT molecular complexity index is 975. The van der Waals surface area contributed by atoms with Crippen LogP contribution in [0.2, 0.25) is 0 Å². The minimum Gasteiger partial charge on any atom is -0.507 e. The predicted octanol–water partition coefficient (Wildman–Crippen LogP) is 2.96. The van der Waals surface area contributed by atoms with Crippen LogP contribution in [0.15, 0.2) is 48.5 Å². The summed E-state index contributed by atoms with van der Waals surface area (Å²) < 4.78 is 1.94. The number of phenols is 1. The molecule has 0 aliphatic rings. The maximum Gasteiger partial charge on any atom is 0.183 e. The summed E-state index contributed by atoms with van der Waals surface area (Å²) in [5.41, 5.74) is 3.95. The fraction of sp³-hybridized carbons (Fsp3) is 0.0625. The molecule has 0 aliphatic carbocycles. The number of aromatic nitrogens is 4. The number of rotatable bonds is 1. The average molecular weight is 276 g/mol. The van der Waals surface area contributed by atoms with Gasteiger partial charge in [0.05, 0.1) is 22.3 Å². The number of nitrogens with zero attached hydrogens (tertiary/aromatic N) is 4. The van der Waals surface area contributed by atoms with E-state index in [-0.39, 0.29) is 5.75 Å². The minimum absolute atomic E-state index is 0.186. The molecule has 0 bridgehead atoms. The van der Waals surface area contributed by atoms with Crippen LogP contribution in [-0.4, -0.2) is 24.7 Å². The van der Waals surface area contributed by atoms with Gasteiger partial charge in [0, 0.05) is 0 Å². The molecule has 0 radical (unpaired) electrons. The van der Waals surface area contributed by atoms with Crippen molar-refractivity contribution in [2.45, 2.75) is 6.92 Å². The molecule has 0 saturated heterocycles. The highest BCUT2D eigenvalue weighted by molar-refractivity contribution is 5.81. The molecule has 2 aromatic carbocycles. The summed E-state index contributed by atoms with van der Waals surface area (Å²) >= 11 is 0. The molecule has 0 saturated carbocycles. The maximum absolute atomic E-state index is 10.1. The van der Waals surface area contributed by atoms with Gasteiger partial charge in [-0.1, -0.05) is 24.3 Å². The second-order valence-corrected chi connectivity index (χ2v) is 4.89. The summed E-state index contributed by atoms with van der Waals surface area (Å²) in [6.07, 6.45) is 0. The number of benzene rings is 2. The zero-order chi connectivity index (χ0) is 14.4. The SMILES string of the molecule is Cc1nc2ccccc2n2c(-c3ccccc3O)nnc12. The van der Waals surface area contributed by atoms with Crippen molar-refractivity contribution < 1.29 is 5.11 Å². The monoisotopic (exact) mass is 276 g/mol. The highest BCUT2D eigenvalue weighted by atomic mass is 16.3. The summed E-state index contributed by atoms with van der Waals surface area (Å²) in [4.78, 5) is 4.55. The summed E-state index contributed by atoms with van der Waals surface area (Å²) in [6, 6.07) is 15.0. The molecule has 0 spiro atoms. The van der Waals surface area contributed by atoms with Crippen molar-refractivity contribution in [1.29, 1.82) is 0 Å². The molecule has 4 rings (SSSR count). The van der Waals surface area contributed by atoms with Gasteiger partial charge in [0.25, 0.3) is 0 Å². The molecule has 4 aromatic rings. The van der Waals surface area contributed by atoms with Crippen LogP contribution >= 0.6 is 0 Å². The lowest BCUT2D eigenvalue weighted by Crippen LogP contribution is -1.97. The van der Waals surface area contributed by atoms with Crippen molar-refractivity contribution in [2.75, 3.05) is 0 Å². The number of aromatic hydroxyl groups is 1. The van der Waals surface area contributed by atoms with Crippen LogP contribution in [0, 0.1) is 6.92 Å². The van der Waals surface area contributed by atoms with Crippen molar-refractivity contribution in [3.05, 3.63) is 54.2 Å². The standard InChI is InChI=1S/C16H12N4O/c1-10-15-18-19-16(11-6-2-5-9-14(11)21)20(15)13-8-4-3-7-12(13)17-10/h2-9,21H,1H3. The third-order valence-electron chi connectivity index (χ3n) is 3.54. The van der Waals surface area contributed by atoms with E-state index in [1.165, 1.54) is 0 Å². The van der Waals surface area contributed by atoms with Gasteiger partial charge in [-0.25, -0.2) is 4.98 Å². The first kappa shape index (κ1) is 11.8. The number of fused-ring (bicyclic) bond motifs is 3. The largest absolute Gasteiger partial charge is 0.507 e. The van der Waals surface area contributed by atoms with Gasteiger partial charge in [-0.15, -0.1) is 10.2 Å². The van der Waals surface area contributed by atoms with Crippen molar-refractivity contribution in [1.82, 2.24) is 19.6 Å². The Kier molecular flexibility index (Phi) is 2.41. The number of aryl methyl sites for hydroxylation is 1. The smallest absolute Gasteiger partial charge is 0.183 e. The van der Waals surface area contributed by atoms with Gasteiger partial charge in [-0.2, -0.15) is 0 Å². The molecular weight excluding hydrogens is 264 g/mol. The Morgan fingerprint density at radius 3 is 2.57 bits per heavy atom. The molecule has 0 fully saturated rings. The van der Waals surface area contributed by atoms with E-state index in [1.807, 2.05) is 47.7 Å². The molecule has 0 unspecified atom stereocenters. The highest BCUT2D eigenvalue weighted by Gasteiger charge is 2.16. The van der Waals surface area contributed by atoms with Crippen LogP contribution in [0.25, 0.3) is 28.1 Å². The lowest BCUT2D eigenvalue weighted by Gasteiger charge is -2.07. The third kappa shape index (κ3) is 1.67. The topological polar surface area (TPSA) is 63.3 Å². The number of phenolic OH excluding ortho intramolecular Hbond substituents is 1. The Labute approximate surface area is 120 Å². The third-order valence-corrected chi connectivity index (χ3v) is 3.54. The summed E-state index contributed by atoms with van der Waals surface area (Å²) in [5.74, 6) is 0.801. The minimum atomic E-state index is 0.186. The highest BCUT2D eigenvalue weighted by Crippen LogP contribution is 2.29. The zero-order valence-electron chi connectivity index (χ0n) is 11.4. The van der Waals surface area contributed by atoms with E-state index >= 15 is 0 Å². The Hall–Kier alpha value is -2.95. The van der Waals surface area contributed by atoms with Gasteiger partial charge < -0.3 is 5.11 Å². The lowest BCUT2D eigenvalue weighted by molar-refractivity contribution is 0.477. The fourth-order valence-corrected chi connectivity index (χ4v) is 2.56. The summed E-state index contributed by atoms with van der Waals surface area (Å²) in [5, 5.41) is 18.6. The first-order chi connectivity index (χ1) is 10.3. The van der Waals surface area contributed by atoms with E-state index < -0.39 is 0 Å². The van der Waals surface area contributed by atoms with E-state index in [4.69, 9.17) is 0 Å². The van der Waals surface area contributed by atoms with Crippen molar-refractivity contribution >= 4 is 16.7 Å². The Balaban J connectivity index is 2.19. The first-order valence-electron chi connectivity index (χ1n) is 6.64. The zero-order valence-corrected chi connectivity index (χ0v) is 11.4. The summed E-state index contributed by atoms with van der Waals surface area (Å²) in [7, 11) is 0. The van der Waals surface area contributed by atoms with Crippen LogP contribution in [-0.2, 0) is 0 Å². The number of hydrogen-bond acceptors (Lipinski definition) is 4. The molecule has 0 amide bonds. The molecule has 2 aromatic heterocycles. The van der Waals surface area contributed by atoms with Gasteiger partial charge in [-0.3, -0.25) is 4.40 Å². The van der Waals surface area contributed by atoms with E-state index in [2.05, 4.69) is 15.2 Å². The average Bonchev–Trinajstić information content (AvgIpc) is 2.93. The van der Waals surface area contributed by atoms with Gasteiger partial charge in [0.1, 0.15) is 5.75 Å². The Morgan fingerprint density at radius 2 is 1.71 bits per heavy atom. The van der Waals surface area contributed by atoms with Gasteiger partial charge in [-0.05, 0) is 31.2 Å². The van der Waals surface area contributed by atoms with Gasteiger partial charge >= 0.3 is 0 Å². The van der Waals surface area contributed by atoms with Crippen LogP contribution < -0.4 is 0 Å². The molecule has 5 heteroatoms. The van der Waals surface area contributed by atoms with Crippen molar-refractivity contribution in [3.8, 4) is 17.1 Å². The molecule has 2 heterocycles. The van der Waals surface area contributed by atoms with E-state index in [0.29, 0.717) is 17.0 Å². The van der Waals surface area contributed by atoms with E-state index in [0.717, 1.165) is 16.7 Å². The molecule has 1 N–H and O–H groups in total. The number of hydrogen-bond donors (Lipinski definition) is 1. The molecule has 5 nitrogen and oxygen atoms in total. The fourth-order valence-electron chi connectivity index (χ4n) is 2.56. The van der Waals surface area contributed by atoms with Crippen LogP contribution in [0.5, 0.6) is 5.75 Å². The molecule has 102 valence electrons. The molecule has 0 aliphatic heterocycles. The normalized spacial score (nSPS) is 11.3. The maximum atomic E-state index is 10.1. The molecule has 0 atom stereocenters. The Morgan fingerprint density at radius 1 is 0.952 bits per heavy atom. The van der Waals surface area contributed by atoms with Crippen molar-refractivity contribution in [2.24, 2.45) is 0 Å². The second-order valence-electron chi connectivity index (χ2n) is 4.89. The van der Waals surface area contributed by atoms with E-state index in [1.54, 1.807) is 12.1 Å². The van der Waals surface area contributed by atoms with E-state index in [9.17, 15) is 5.11 Å². The summed E-state index contributed by atoms with van der Waals surface area (Å²) in [6.45, 7) is 1.91. The lowest BCUT2D eigenvalue weighted by atomic mass is 10.2. The quantitative estimate of drug-likeness (QED) is 0.580. The van der Waals surface area contributed by atoms with Gasteiger partial charge in [0.15, 0.2) is 11.5 Å². The van der Waals surface area contributed by atoms with Crippen molar-refractivity contribution in [3.63, 3.8) is 0 Å². The van der Waals surface area contributed by atoms with Crippen LogP contribution in [0.1, 0.15) is 5.69 Å². The van der Waals surface area contributed by atoms with Crippen LogP contribution in [0.4, 0.5) is 0 Å². The predicted molar refractivity (Wildman–Crippen MR) is 80.1 cm³/mol. The molecule has 21 heavy (non-hydrogen) atoms. The van der Waals surface area contributed by atoms with Crippen LogP contribution in [0.3, 0.4) is 0 Å². The molecular formula is C16H12N4O. The first-order valence-corrected chi connectivity index (χ1v) is 6.64. The second kappa shape index (κ2) is 4.28.